The van der Waals surface area contributed by atoms with Crippen LogP contribution in [0.1, 0.15) is 54.1 Å². The molecule has 0 aromatic heterocycles. The van der Waals surface area contributed by atoms with Crippen LogP contribution >= 0.6 is 0 Å². The fraction of sp³-hybridized carbons (Fsp3) is 0.259. The second-order valence-corrected chi connectivity index (χ2v) is 7.48. The summed E-state index contributed by atoms with van der Waals surface area (Å²) in [5, 5.41) is 4.05. The Balaban J connectivity index is 1.41. The van der Waals surface area contributed by atoms with E-state index < -0.39 is 0 Å². The van der Waals surface area contributed by atoms with Crippen molar-refractivity contribution in [1.29, 1.82) is 0 Å². The summed E-state index contributed by atoms with van der Waals surface area (Å²) in [6, 6.07) is 24.7. The molecular weight excluding hydrogens is 400 g/mol. The van der Waals surface area contributed by atoms with Gasteiger partial charge >= 0.3 is 0 Å². The highest BCUT2D eigenvalue weighted by Gasteiger charge is 2.04. The molecule has 3 aromatic rings. The number of benzene rings is 3. The quantitative estimate of drug-likeness (QED) is 0.218. The third-order valence-corrected chi connectivity index (χ3v) is 4.89. The van der Waals surface area contributed by atoms with E-state index in [-0.39, 0.29) is 5.91 Å². The summed E-state index contributed by atoms with van der Waals surface area (Å²) >= 11 is 0. The van der Waals surface area contributed by atoms with E-state index in [2.05, 4.69) is 17.5 Å². The molecule has 0 heterocycles. The Morgan fingerprint density at radius 2 is 1.53 bits per heavy atom. The zero-order valence-electron chi connectivity index (χ0n) is 18.5. The summed E-state index contributed by atoms with van der Waals surface area (Å²) in [6.07, 6.45) is 6.27. The predicted octanol–water partition coefficient (Wildman–Crippen LogP) is 5.99. The number of hydrogen-bond acceptors (Lipinski definition) is 4. The molecule has 3 rings (SSSR count). The lowest BCUT2D eigenvalue weighted by atomic mass is 10.2. The summed E-state index contributed by atoms with van der Waals surface area (Å²) in [5.74, 6) is 1.29. The van der Waals surface area contributed by atoms with Crippen LogP contribution in [-0.2, 0) is 6.61 Å². The van der Waals surface area contributed by atoms with E-state index in [1.165, 1.54) is 19.3 Å². The molecule has 0 aliphatic heterocycles. The Bertz CT molecular complexity index is 968. The first kappa shape index (κ1) is 23.1. The predicted molar refractivity (Wildman–Crippen MR) is 128 cm³/mol. The smallest absolute Gasteiger partial charge is 0.271 e. The van der Waals surface area contributed by atoms with Crippen molar-refractivity contribution in [3.05, 3.63) is 95.6 Å². The number of nitrogens with zero attached hydrogens (tertiary/aromatic N) is 1. The molecule has 0 radical (unpaired) electrons. The molecule has 0 saturated carbocycles. The SMILES string of the molecule is CCCCCCOc1ccc(C(=O)NN=Cc2ccc(OCc3ccccc3)cc2)cc1. The lowest BCUT2D eigenvalue weighted by Crippen LogP contribution is -2.17. The average molecular weight is 431 g/mol. The molecule has 0 unspecified atom stereocenters. The highest BCUT2D eigenvalue weighted by molar-refractivity contribution is 5.95. The van der Waals surface area contributed by atoms with Crippen LogP contribution in [0, 0.1) is 0 Å². The van der Waals surface area contributed by atoms with E-state index >= 15 is 0 Å². The summed E-state index contributed by atoms with van der Waals surface area (Å²) in [4.78, 5) is 12.3. The Morgan fingerprint density at radius 3 is 2.25 bits per heavy atom. The monoisotopic (exact) mass is 430 g/mol. The number of carbonyl (C=O) groups excluding carboxylic acids is 1. The molecule has 0 aliphatic rings. The molecule has 0 saturated heterocycles. The summed E-state index contributed by atoms with van der Waals surface area (Å²) in [6.45, 7) is 3.41. The van der Waals surface area contributed by atoms with Gasteiger partial charge in [0, 0.05) is 5.56 Å². The normalized spacial score (nSPS) is 10.8. The molecule has 0 bridgehead atoms. The van der Waals surface area contributed by atoms with Gasteiger partial charge in [-0.1, -0.05) is 56.5 Å². The maximum absolute atomic E-state index is 12.3. The lowest BCUT2D eigenvalue weighted by molar-refractivity contribution is 0.0955. The van der Waals surface area contributed by atoms with E-state index in [4.69, 9.17) is 9.47 Å². The van der Waals surface area contributed by atoms with Crippen molar-refractivity contribution in [3.8, 4) is 11.5 Å². The maximum atomic E-state index is 12.3. The van der Waals surface area contributed by atoms with Crippen LogP contribution in [0.25, 0.3) is 0 Å². The van der Waals surface area contributed by atoms with Gasteiger partial charge in [0.2, 0.25) is 0 Å². The molecule has 5 heteroatoms. The molecule has 32 heavy (non-hydrogen) atoms. The van der Waals surface area contributed by atoms with Crippen LogP contribution in [0.2, 0.25) is 0 Å². The Kier molecular flexibility index (Phi) is 9.34. The van der Waals surface area contributed by atoms with Gasteiger partial charge in [0.15, 0.2) is 0 Å². The Hall–Kier alpha value is -3.60. The van der Waals surface area contributed by atoms with Crippen LogP contribution in [0.4, 0.5) is 0 Å². The van der Waals surface area contributed by atoms with Crippen LogP contribution in [0.5, 0.6) is 11.5 Å². The first-order valence-electron chi connectivity index (χ1n) is 11.1. The maximum Gasteiger partial charge on any atom is 0.271 e. The largest absolute Gasteiger partial charge is 0.494 e. The van der Waals surface area contributed by atoms with Crippen LogP contribution < -0.4 is 14.9 Å². The third-order valence-electron chi connectivity index (χ3n) is 4.89. The fourth-order valence-corrected chi connectivity index (χ4v) is 3.04. The minimum absolute atomic E-state index is 0.265. The lowest BCUT2D eigenvalue weighted by Gasteiger charge is -2.07. The van der Waals surface area contributed by atoms with E-state index in [1.807, 2.05) is 66.7 Å². The third kappa shape index (κ3) is 7.91. The number of amides is 1. The summed E-state index contributed by atoms with van der Waals surface area (Å²) in [7, 11) is 0. The van der Waals surface area contributed by atoms with Crippen molar-refractivity contribution in [2.45, 2.75) is 39.2 Å². The minimum atomic E-state index is -0.265. The van der Waals surface area contributed by atoms with Gasteiger partial charge in [-0.25, -0.2) is 5.43 Å². The van der Waals surface area contributed by atoms with Crippen LogP contribution in [0.15, 0.2) is 84.0 Å². The molecule has 0 spiro atoms. The number of unbranched alkanes of at least 4 members (excludes halogenated alkanes) is 3. The topological polar surface area (TPSA) is 59.9 Å². The molecule has 0 atom stereocenters. The standard InChI is InChI=1S/C27H30N2O3/c1-2-3-4-8-19-31-25-17-13-24(14-18-25)27(30)29-28-20-22-11-15-26(16-12-22)32-21-23-9-6-5-7-10-23/h5-7,9-18,20H,2-4,8,19,21H2,1H3,(H,29,30). The van der Waals surface area contributed by atoms with E-state index in [0.29, 0.717) is 18.8 Å². The number of rotatable bonds is 12. The molecule has 0 aliphatic carbocycles. The number of hydrazone groups is 1. The van der Waals surface area contributed by atoms with Crippen molar-refractivity contribution < 1.29 is 14.3 Å². The molecule has 5 nitrogen and oxygen atoms in total. The van der Waals surface area contributed by atoms with Crippen molar-refractivity contribution in [2.24, 2.45) is 5.10 Å². The Labute approximate surface area is 190 Å². The van der Waals surface area contributed by atoms with Crippen molar-refractivity contribution in [2.75, 3.05) is 6.61 Å². The van der Waals surface area contributed by atoms with Crippen molar-refractivity contribution >= 4 is 12.1 Å². The first-order chi connectivity index (χ1) is 15.7. The average Bonchev–Trinajstić information content (AvgIpc) is 2.84. The number of hydrogen-bond donors (Lipinski definition) is 1. The fourth-order valence-electron chi connectivity index (χ4n) is 3.04. The molecule has 166 valence electrons. The van der Waals surface area contributed by atoms with Gasteiger partial charge in [0.05, 0.1) is 12.8 Å². The van der Waals surface area contributed by atoms with Gasteiger partial charge in [-0.15, -0.1) is 0 Å². The van der Waals surface area contributed by atoms with Gasteiger partial charge in [-0.2, -0.15) is 5.10 Å². The van der Waals surface area contributed by atoms with Crippen LogP contribution in [-0.4, -0.2) is 18.7 Å². The van der Waals surface area contributed by atoms with Crippen molar-refractivity contribution in [3.63, 3.8) is 0 Å². The van der Waals surface area contributed by atoms with Gasteiger partial charge in [0.25, 0.3) is 5.91 Å². The second-order valence-electron chi connectivity index (χ2n) is 7.48. The highest BCUT2D eigenvalue weighted by atomic mass is 16.5. The first-order valence-corrected chi connectivity index (χ1v) is 11.1. The number of carbonyl (C=O) groups is 1. The van der Waals surface area contributed by atoms with Gasteiger partial charge in [-0.3, -0.25) is 4.79 Å². The van der Waals surface area contributed by atoms with Crippen LogP contribution in [0.3, 0.4) is 0 Å². The Morgan fingerprint density at radius 1 is 0.844 bits per heavy atom. The van der Waals surface area contributed by atoms with E-state index in [1.54, 1.807) is 18.3 Å². The molecule has 3 aromatic carbocycles. The molecule has 1 N–H and O–H groups in total. The minimum Gasteiger partial charge on any atom is -0.494 e. The zero-order chi connectivity index (χ0) is 22.4. The van der Waals surface area contributed by atoms with E-state index in [0.717, 1.165) is 29.0 Å². The number of nitrogens with one attached hydrogen (secondary N) is 1. The van der Waals surface area contributed by atoms with Gasteiger partial charge in [0.1, 0.15) is 18.1 Å². The number of ether oxygens (including phenoxy) is 2. The van der Waals surface area contributed by atoms with Gasteiger partial charge < -0.3 is 9.47 Å². The van der Waals surface area contributed by atoms with E-state index in [9.17, 15) is 4.79 Å². The molecule has 0 fully saturated rings. The van der Waals surface area contributed by atoms with Crippen molar-refractivity contribution in [1.82, 2.24) is 5.43 Å². The molecular formula is C27H30N2O3. The molecule has 1 amide bonds. The highest BCUT2D eigenvalue weighted by Crippen LogP contribution is 2.14. The summed E-state index contributed by atoms with van der Waals surface area (Å²) < 4.78 is 11.5. The second kappa shape index (κ2) is 13.0. The summed E-state index contributed by atoms with van der Waals surface area (Å²) in [5.41, 5.74) is 5.07. The van der Waals surface area contributed by atoms with Gasteiger partial charge in [-0.05, 0) is 66.1 Å². The zero-order valence-corrected chi connectivity index (χ0v) is 18.5.